The molecule has 0 aliphatic heterocycles. The second-order valence-corrected chi connectivity index (χ2v) is 11.4. The largest absolute Gasteiger partial charge is 0.507 e. The number of carbonyl (C=O) groups excluding carboxylic acids is 3. The molecule has 0 saturated heterocycles. The lowest BCUT2D eigenvalue weighted by Gasteiger charge is -2.15. The number of rotatable bonds is 23. The SMILES string of the molecule is CCCCC/C=C\C/C=C\CCCCCCCC(=O)OCc1cc(OC)c(C/C=C(\C)CC(=O)C=C(C)C)c(O)c1C=O. The molecule has 0 aromatic heterocycles. The molecule has 0 spiro atoms. The highest BCUT2D eigenvalue weighted by atomic mass is 16.5. The lowest BCUT2D eigenvalue weighted by molar-refractivity contribution is -0.145. The normalized spacial score (nSPS) is 11.7. The van der Waals surface area contributed by atoms with Crippen molar-refractivity contribution >= 4 is 18.0 Å². The van der Waals surface area contributed by atoms with Gasteiger partial charge in [0.15, 0.2) is 12.1 Å². The van der Waals surface area contributed by atoms with E-state index in [9.17, 15) is 19.5 Å². The highest BCUT2D eigenvalue weighted by Crippen LogP contribution is 2.35. The van der Waals surface area contributed by atoms with E-state index >= 15 is 0 Å². The molecule has 1 aromatic carbocycles. The Morgan fingerprint density at radius 1 is 0.907 bits per heavy atom. The maximum atomic E-state index is 12.3. The number of hydrogen-bond donors (Lipinski definition) is 1. The first kappa shape index (κ1) is 37.6. The molecule has 43 heavy (non-hydrogen) atoms. The van der Waals surface area contributed by atoms with Crippen molar-refractivity contribution in [2.45, 2.75) is 124 Å². The topological polar surface area (TPSA) is 89.9 Å². The van der Waals surface area contributed by atoms with Gasteiger partial charge in [0.25, 0.3) is 0 Å². The van der Waals surface area contributed by atoms with Gasteiger partial charge in [0.2, 0.25) is 0 Å². The van der Waals surface area contributed by atoms with Crippen molar-refractivity contribution in [2.75, 3.05) is 7.11 Å². The molecule has 0 amide bonds. The Hall–Kier alpha value is -3.41. The molecule has 0 saturated carbocycles. The molecule has 0 atom stereocenters. The summed E-state index contributed by atoms with van der Waals surface area (Å²) >= 11 is 0. The molecule has 0 unspecified atom stereocenters. The van der Waals surface area contributed by atoms with Crippen LogP contribution in [-0.4, -0.2) is 30.3 Å². The lowest BCUT2D eigenvalue weighted by Crippen LogP contribution is -2.07. The molecule has 1 rings (SSSR count). The molecule has 0 radical (unpaired) electrons. The maximum absolute atomic E-state index is 12.3. The van der Waals surface area contributed by atoms with E-state index in [1.165, 1.54) is 32.8 Å². The lowest BCUT2D eigenvalue weighted by atomic mass is 9.98. The average molecular weight is 595 g/mol. The molecule has 1 aromatic rings. The molecule has 238 valence electrons. The fourth-order valence-electron chi connectivity index (χ4n) is 4.69. The van der Waals surface area contributed by atoms with Gasteiger partial charge in [0.05, 0.1) is 12.7 Å². The van der Waals surface area contributed by atoms with Gasteiger partial charge in [-0.25, -0.2) is 0 Å². The minimum atomic E-state index is -0.329. The van der Waals surface area contributed by atoms with Gasteiger partial charge in [0.1, 0.15) is 18.1 Å². The quantitative estimate of drug-likeness (QED) is 0.0446. The summed E-state index contributed by atoms with van der Waals surface area (Å²) in [5.74, 6) is -0.128. The van der Waals surface area contributed by atoms with Crippen LogP contribution in [0.5, 0.6) is 11.5 Å². The summed E-state index contributed by atoms with van der Waals surface area (Å²) in [6.45, 7) is 7.70. The number of allylic oxidation sites excluding steroid dienone is 8. The third-order valence-corrected chi connectivity index (χ3v) is 7.11. The maximum Gasteiger partial charge on any atom is 0.306 e. The van der Waals surface area contributed by atoms with Crippen molar-refractivity contribution in [2.24, 2.45) is 0 Å². The number of unbranched alkanes of at least 4 members (excludes halogenated alkanes) is 8. The third-order valence-electron chi connectivity index (χ3n) is 7.11. The van der Waals surface area contributed by atoms with Crippen LogP contribution in [0.4, 0.5) is 0 Å². The Balaban J connectivity index is 2.46. The van der Waals surface area contributed by atoms with Crippen molar-refractivity contribution in [1.82, 2.24) is 0 Å². The standard InChI is InChI=1S/C37H54O6/c1-6-7-8-9-10-11-12-13-14-15-16-17-18-19-20-21-36(40)43-28-31-26-35(42-5)33(37(41)34(31)27-38)23-22-30(4)25-32(39)24-29(2)3/h10-11,13-14,22,24,26-27,41H,6-9,12,15-21,23,25,28H2,1-5H3/b11-10-,14-13-,30-22+. The molecule has 0 heterocycles. The third kappa shape index (κ3) is 16.7. The predicted octanol–water partition coefficient (Wildman–Crippen LogP) is 9.48. The fraction of sp³-hybridized carbons (Fsp3) is 0.541. The first-order chi connectivity index (χ1) is 20.7. The van der Waals surface area contributed by atoms with Crippen LogP contribution in [0, 0.1) is 0 Å². The van der Waals surface area contributed by atoms with Gasteiger partial charge in [-0.1, -0.05) is 80.6 Å². The first-order valence-corrected chi connectivity index (χ1v) is 15.9. The summed E-state index contributed by atoms with van der Waals surface area (Å²) in [7, 11) is 1.48. The van der Waals surface area contributed by atoms with Crippen molar-refractivity contribution in [3.63, 3.8) is 0 Å². The highest BCUT2D eigenvalue weighted by molar-refractivity contribution is 5.91. The van der Waals surface area contributed by atoms with Crippen molar-refractivity contribution in [3.8, 4) is 11.5 Å². The van der Waals surface area contributed by atoms with E-state index < -0.39 is 0 Å². The van der Waals surface area contributed by atoms with E-state index in [0.717, 1.165) is 56.1 Å². The van der Waals surface area contributed by atoms with Gasteiger partial charge in [0, 0.05) is 24.0 Å². The Morgan fingerprint density at radius 2 is 1.56 bits per heavy atom. The summed E-state index contributed by atoms with van der Waals surface area (Å²) in [5.41, 5.74) is 2.70. The minimum absolute atomic E-state index is 0.00972. The van der Waals surface area contributed by atoms with Crippen LogP contribution in [0.2, 0.25) is 0 Å². The molecule has 6 heteroatoms. The van der Waals surface area contributed by atoms with Crippen LogP contribution in [0.15, 0.2) is 53.7 Å². The predicted molar refractivity (Wildman–Crippen MR) is 176 cm³/mol. The van der Waals surface area contributed by atoms with Crippen LogP contribution < -0.4 is 4.74 Å². The fourth-order valence-corrected chi connectivity index (χ4v) is 4.69. The van der Waals surface area contributed by atoms with Gasteiger partial charge < -0.3 is 14.6 Å². The van der Waals surface area contributed by atoms with E-state index in [1.807, 2.05) is 26.8 Å². The minimum Gasteiger partial charge on any atom is -0.507 e. The summed E-state index contributed by atoms with van der Waals surface area (Å²) < 4.78 is 10.9. The van der Waals surface area contributed by atoms with E-state index in [-0.39, 0.29) is 42.5 Å². The molecule has 0 fully saturated rings. The van der Waals surface area contributed by atoms with Gasteiger partial charge in [-0.3, -0.25) is 14.4 Å². The molecule has 6 nitrogen and oxygen atoms in total. The Labute approximate surface area is 259 Å². The van der Waals surface area contributed by atoms with Crippen LogP contribution in [-0.2, 0) is 27.4 Å². The molecule has 0 aliphatic rings. The highest BCUT2D eigenvalue weighted by Gasteiger charge is 2.19. The summed E-state index contributed by atoms with van der Waals surface area (Å²) in [4.78, 5) is 36.2. The number of methoxy groups -OCH3 is 1. The number of phenols is 1. The number of aldehydes is 1. The van der Waals surface area contributed by atoms with Crippen LogP contribution >= 0.6 is 0 Å². The number of carbonyl (C=O) groups is 3. The van der Waals surface area contributed by atoms with Crippen LogP contribution in [0.1, 0.15) is 133 Å². The number of hydrogen-bond acceptors (Lipinski definition) is 6. The number of phenolic OH excluding ortho intramolecular Hbond substituents is 1. The second-order valence-electron chi connectivity index (χ2n) is 11.4. The van der Waals surface area contributed by atoms with E-state index in [2.05, 4.69) is 31.2 Å². The average Bonchev–Trinajstić information content (AvgIpc) is 2.96. The van der Waals surface area contributed by atoms with Gasteiger partial charge in [-0.15, -0.1) is 0 Å². The first-order valence-electron chi connectivity index (χ1n) is 15.9. The number of ether oxygens (including phenoxy) is 2. The Bertz CT molecular complexity index is 1120. The molecular weight excluding hydrogens is 540 g/mol. The van der Waals surface area contributed by atoms with Crippen molar-refractivity contribution < 1.29 is 29.0 Å². The van der Waals surface area contributed by atoms with Crippen LogP contribution in [0.3, 0.4) is 0 Å². The number of aromatic hydroxyl groups is 1. The summed E-state index contributed by atoms with van der Waals surface area (Å²) in [6.07, 6.45) is 26.2. The monoisotopic (exact) mass is 594 g/mol. The number of esters is 1. The van der Waals surface area contributed by atoms with E-state index in [0.29, 0.717) is 29.6 Å². The molecule has 0 aliphatic carbocycles. The number of ketones is 1. The summed E-state index contributed by atoms with van der Waals surface area (Å²) in [5, 5.41) is 10.8. The summed E-state index contributed by atoms with van der Waals surface area (Å²) in [6, 6.07) is 1.63. The Kier molecular flexibility index (Phi) is 20.2. The van der Waals surface area contributed by atoms with E-state index in [1.54, 1.807) is 12.1 Å². The molecule has 1 N–H and O–H groups in total. The second kappa shape index (κ2) is 23.1. The number of benzene rings is 1. The van der Waals surface area contributed by atoms with Gasteiger partial charge in [-0.05, 0) is 77.9 Å². The van der Waals surface area contributed by atoms with E-state index in [4.69, 9.17) is 9.47 Å². The van der Waals surface area contributed by atoms with Gasteiger partial charge in [-0.2, -0.15) is 0 Å². The zero-order valence-electron chi connectivity index (χ0n) is 27.2. The van der Waals surface area contributed by atoms with Crippen molar-refractivity contribution in [3.05, 3.63) is 70.4 Å². The Morgan fingerprint density at radius 3 is 2.19 bits per heavy atom. The van der Waals surface area contributed by atoms with Crippen LogP contribution in [0.25, 0.3) is 0 Å². The smallest absolute Gasteiger partial charge is 0.306 e. The van der Waals surface area contributed by atoms with Gasteiger partial charge >= 0.3 is 5.97 Å². The molecule has 0 bridgehead atoms. The zero-order valence-corrected chi connectivity index (χ0v) is 27.2. The zero-order chi connectivity index (χ0) is 31.9. The molecular formula is C37H54O6. The van der Waals surface area contributed by atoms with Crippen molar-refractivity contribution in [1.29, 1.82) is 0 Å².